The smallest absolute Gasteiger partial charge is 0.250 e. The summed E-state index contributed by atoms with van der Waals surface area (Å²) < 4.78 is 11.7. The van der Waals surface area contributed by atoms with Crippen molar-refractivity contribution in [1.29, 1.82) is 0 Å². The minimum atomic E-state index is -2.01. The summed E-state index contributed by atoms with van der Waals surface area (Å²) in [7, 11) is -0.411. The number of carbonyl (C=O) groups is 2. The van der Waals surface area contributed by atoms with E-state index in [-0.39, 0.29) is 23.3 Å². The predicted molar refractivity (Wildman–Crippen MR) is 155 cm³/mol. The quantitative estimate of drug-likeness (QED) is 0.312. The van der Waals surface area contributed by atoms with Gasteiger partial charge in [-0.15, -0.1) is 0 Å². The summed E-state index contributed by atoms with van der Waals surface area (Å²) in [5.74, 6) is 1.07. The Morgan fingerprint density at radius 1 is 0.842 bits per heavy atom. The molecule has 0 saturated carbocycles. The van der Waals surface area contributed by atoms with Crippen molar-refractivity contribution in [2.24, 2.45) is 0 Å². The minimum Gasteiger partial charge on any atom is -0.543 e. The zero-order valence-electron chi connectivity index (χ0n) is 23.3. The molecule has 0 fully saturated rings. The molecule has 7 heteroatoms. The molecule has 1 atom stereocenters. The Balaban J connectivity index is 1.75. The van der Waals surface area contributed by atoms with E-state index in [1.165, 1.54) is 0 Å². The summed E-state index contributed by atoms with van der Waals surface area (Å²) in [6.07, 6.45) is 0.519. The van der Waals surface area contributed by atoms with Gasteiger partial charge >= 0.3 is 0 Å². The first kappa shape index (κ1) is 29.0. The molecule has 38 heavy (non-hydrogen) atoms. The molecule has 3 rings (SSSR count). The fourth-order valence-electron chi connectivity index (χ4n) is 3.71. The molecular formula is C31H40N2O4Si. The van der Waals surface area contributed by atoms with Crippen molar-refractivity contribution in [1.82, 2.24) is 10.6 Å². The first-order valence-corrected chi connectivity index (χ1v) is 15.9. The van der Waals surface area contributed by atoms with Crippen LogP contribution in [0.4, 0.5) is 0 Å². The van der Waals surface area contributed by atoms with Gasteiger partial charge in [0.15, 0.2) is 0 Å². The Labute approximate surface area is 227 Å². The van der Waals surface area contributed by atoms with Crippen LogP contribution in [-0.4, -0.2) is 33.3 Å². The maximum Gasteiger partial charge on any atom is 0.250 e. The fourth-order valence-corrected chi connectivity index (χ4v) is 4.73. The summed E-state index contributed by atoms with van der Waals surface area (Å²) in [4.78, 5) is 26.2. The zero-order valence-corrected chi connectivity index (χ0v) is 24.3. The number of hydrogen-bond acceptors (Lipinski definition) is 4. The molecule has 3 aromatic rings. The lowest BCUT2D eigenvalue weighted by molar-refractivity contribution is -0.128. The van der Waals surface area contributed by atoms with E-state index in [0.29, 0.717) is 13.0 Å². The average molecular weight is 533 g/mol. The topological polar surface area (TPSA) is 76.7 Å². The molecule has 0 aromatic heterocycles. The van der Waals surface area contributed by atoms with Crippen molar-refractivity contribution in [3.8, 4) is 11.5 Å². The third-order valence-corrected chi connectivity index (χ3v) is 11.4. The zero-order chi connectivity index (χ0) is 27.8. The Morgan fingerprint density at radius 3 is 2.13 bits per heavy atom. The number of hydrogen-bond donors (Lipinski definition) is 2. The Kier molecular flexibility index (Phi) is 9.75. The van der Waals surface area contributed by atoms with Gasteiger partial charge in [0.1, 0.15) is 17.5 Å². The third kappa shape index (κ3) is 8.48. The normalized spacial score (nSPS) is 12.4. The van der Waals surface area contributed by atoms with E-state index in [1.807, 2.05) is 78.9 Å². The fraction of sp³-hybridized carbons (Fsp3) is 0.355. The first-order valence-electron chi connectivity index (χ1n) is 13.0. The summed E-state index contributed by atoms with van der Waals surface area (Å²) in [5, 5.41) is 6.01. The second-order valence-corrected chi connectivity index (χ2v) is 15.8. The van der Waals surface area contributed by atoms with Crippen molar-refractivity contribution in [3.63, 3.8) is 0 Å². The van der Waals surface area contributed by atoms with Gasteiger partial charge in [0.25, 0.3) is 0 Å². The van der Waals surface area contributed by atoms with E-state index >= 15 is 0 Å². The lowest BCUT2D eigenvalue weighted by Gasteiger charge is -2.36. The largest absolute Gasteiger partial charge is 0.543 e. The van der Waals surface area contributed by atoms with E-state index in [0.717, 1.165) is 28.2 Å². The third-order valence-electron chi connectivity index (χ3n) is 7.00. The molecule has 0 bridgehead atoms. The molecule has 202 valence electrons. The summed E-state index contributed by atoms with van der Waals surface area (Å²) >= 11 is 0. The second-order valence-electron chi connectivity index (χ2n) is 11.1. The van der Waals surface area contributed by atoms with Crippen LogP contribution in [0.1, 0.15) is 37.5 Å². The molecule has 0 aliphatic rings. The molecular weight excluding hydrogens is 492 g/mol. The average Bonchev–Trinajstić information content (AvgIpc) is 2.87. The Morgan fingerprint density at radius 2 is 1.50 bits per heavy atom. The highest BCUT2D eigenvalue weighted by atomic mass is 28.4. The van der Waals surface area contributed by atoms with Gasteiger partial charge in [-0.3, -0.25) is 9.59 Å². The Hall–Kier alpha value is -3.58. The predicted octanol–water partition coefficient (Wildman–Crippen LogP) is 5.67. The van der Waals surface area contributed by atoms with Gasteiger partial charge in [-0.25, -0.2) is 0 Å². The maximum atomic E-state index is 13.3. The van der Waals surface area contributed by atoms with Gasteiger partial charge in [0, 0.05) is 13.0 Å². The van der Waals surface area contributed by atoms with Crippen molar-refractivity contribution < 1.29 is 18.8 Å². The number of amides is 2. The monoisotopic (exact) mass is 532 g/mol. The van der Waals surface area contributed by atoms with Crippen LogP contribution in [0.25, 0.3) is 0 Å². The van der Waals surface area contributed by atoms with Gasteiger partial charge in [-0.1, -0.05) is 75.4 Å². The van der Waals surface area contributed by atoms with Crippen LogP contribution in [0.2, 0.25) is 18.1 Å². The second kappa shape index (κ2) is 12.8. The molecule has 3 aromatic carbocycles. The summed E-state index contributed by atoms with van der Waals surface area (Å²) in [6, 6.07) is 24.2. The van der Waals surface area contributed by atoms with Crippen LogP contribution in [0.3, 0.4) is 0 Å². The van der Waals surface area contributed by atoms with Crippen LogP contribution >= 0.6 is 0 Å². The number of ether oxygens (including phenoxy) is 1. The van der Waals surface area contributed by atoms with E-state index in [1.54, 1.807) is 7.11 Å². The van der Waals surface area contributed by atoms with Crippen LogP contribution < -0.4 is 19.8 Å². The molecule has 0 aliphatic carbocycles. The number of rotatable bonds is 11. The highest BCUT2D eigenvalue weighted by Crippen LogP contribution is 2.37. The SMILES string of the molecule is COc1ccc(CC(=O)NC(Cc2cccc(O[Si](C)(C)C(C)(C)C)c2)C(=O)NCc2ccccc2)cc1. The first-order chi connectivity index (χ1) is 18.0. The van der Waals surface area contributed by atoms with Gasteiger partial charge in [0.05, 0.1) is 13.5 Å². The highest BCUT2D eigenvalue weighted by molar-refractivity contribution is 6.74. The van der Waals surface area contributed by atoms with E-state index < -0.39 is 14.4 Å². The summed E-state index contributed by atoms with van der Waals surface area (Å²) in [6.45, 7) is 11.4. The molecule has 2 amide bonds. The van der Waals surface area contributed by atoms with Gasteiger partial charge < -0.3 is 19.8 Å². The van der Waals surface area contributed by atoms with Crippen molar-refractivity contribution >= 4 is 20.1 Å². The molecule has 0 heterocycles. The molecule has 2 N–H and O–H groups in total. The van der Waals surface area contributed by atoms with Crippen LogP contribution in [0, 0.1) is 0 Å². The maximum absolute atomic E-state index is 13.3. The van der Waals surface area contributed by atoms with Crippen molar-refractivity contribution in [2.75, 3.05) is 7.11 Å². The highest BCUT2D eigenvalue weighted by Gasteiger charge is 2.39. The van der Waals surface area contributed by atoms with Crippen LogP contribution in [-0.2, 0) is 29.0 Å². The standard InChI is InChI=1S/C31H40N2O4Si/c1-31(2,3)38(5,6)37-27-14-10-13-25(19-27)20-28(30(35)32-22-24-11-8-7-9-12-24)33-29(34)21-23-15-17-26(36-4)18-16-23/h7-19,28H,20-22H2,1-6H3,(H,32,35)(H,33,34). The van der Waals surface area contributed by atoms with E-state index in [9.17, 15) is 9.59 Å². The number of methoxy groups -OCH3 is 1. The molecule has 1 unspecified atom stereocenters. The number of carbonyl (C=O) groups excluding carboxylic acids is 2. The van der Waals surface area contributed by atoms with Crippen LogP contribution in [0.5, 0.6) is 11.5 Å². The Bertz CT molecular complexity index is 1200. The van der Waals surface area contributed by atoms with Crippen LogP contribution in [0.15, 0.2) is 78.9 Å². The molecule has 0 aliphatic heterocycles. The lowest BCUT2D eigenvalue weighted by atomic mass is 10.0. The summed E-state index contributed by atoms with van der Waals surface area (Å²) in [5.41, 5.74) is 2.76. The molecule has 0 saturated heterocycles. The molecule has 0 radical (unpaired) electrons. The number of benzene rings is 3. The van der Waals surface area contributed by atoms with E-state index in [4.69, 9.17) is 9.16 Å². The molecule has 6 nitrogen and oxygen atoms in total. The van der Waals surface area contributed by atoms with E-state index in [2.05, 4.69) is 44.5 Å². The minimum absolute atomic E-state index is 0.0678. The van der Waals surface area contributed by atoms with Crippen molar-refractivity contribution in [2.45, 2.75) is 64.3 Å². The molecule has 0 spiro atoms. The van der Waals surface area contributed by atoms with Gasteiger partial charge in [0.2, 0.25) is 20.1 Å². The number of nitrogens with one attached hydrogen (secondary N) is 2. The van der Waals surface area contributed by atoms with Crippen molar-refractivity contribution in [3.05, 3.63) is 95.6 Å². The lowest BCUT2D eigenvalue weighted by Crippen LogP contribution is -2.48. The van der Waals surface area contributed by atoms with Gasteiger partial charge in [-0.2, -0.15) is 0 Å². The van der Waals surface area contributed by atoms with Gasteiger partial charge in [-0.05, 0) is 59.1 Å².